The van der Waals surface area contributed by atoms with E-state index in [1.54, 1.807) is 16.8 Å². The highest BCUT2D eigenvalue weighted by molar-refractivity contribution is 5.80. The zero-order valence-corrected chi connectivity index (χ0v) is 13.4. The van der Waals surface area contributed by atoms with Crippen LogP contribution >= 0.6 is 0 Å². The van der Waals surface area contributed by atoms with Gasteiger partial charge in [0.15, 0.2) is 0 Å². The molecule has 5 nitrogen and oxygen atoms in total. The summed E-state index contributed by atoms with van der Waals surface area (Å²) in [5, 5.41) is 4.45. The summed E-state index contributed by atoms with van der Waals surface area (Å²) in [6.07, 6.45) is 4.85. The summed E-state index contributed by atoms with van der Waals surface area (Å²) >= 11 is 0. The molecule has 0 radical (unpaired) electrons. The predicted octanol–water partition coefficient (Wildman–Crippen LogP) is 2.68. The normalized spacial score (nSPS) is 20.4. The Labute approximate surface area is 140 Å². The van der Waals surface area contributed by atoms with Crippen molar-refractivity contribution in [2.45, 2.75) is 31.3 Å². The zero-order chi connectivity index (χ0) is 16.5. The van der Waals surface area contributed by atoms with Crippen LogP contribution in [0.4, 0.5) is 5.82 Å². The Kier molecular flexibility index (Phi) is 3.78. The molecule has 0 aliphatic heterocycles. The lowest BCUT2D eigenvalue weighted by molar-refractivity contribution is 0.686. The first-order chi connectivity index (χ1) is 11.7. The van der Waals surface area contributed by atoms with Gasteiger partial charge in [0.1, 0.15) is 5.82 Å². The topological polar surface area (TPSA) is 72.9 Å². The SMILES string of the molecule is N[C@H]1CC[C@H](Nc2ccc(-n3c(=O)ccc4ccccc43)cn2)C1. The van der Waals surface area contributed by atoms with Gasteiger partial charge >= 0.3 is 0 Å². The van der Waals surface area contributed by atoms with Crippen molar-refractivity contribution in [3.05, 3.63) is 65.1 Å². The van der Waals surface area contributed by atoms with E-state index in [0.717, 1.165) is 41.7 Å². The standard InChI is InChI=1S/C19H20N4O/c20-14-6-7-15(11-14)22-18-9-8-16(12-21-18)23-17-4-2-1-3-13(17)5-10-19(23)24/h1-5,8-10,12,14-15H,6-7,11,20H2,(H,21,22)/t14-,15-/m0/s1. The maximum Gasteiger partial charge on any atom is 0.255 e. The zero-order valence-electron chi connectivity index (χ0n) is 13.4. The fourth-order valence-electron chi connectivity index (χ4n) is 3.41. The molecule has 1 fully saturated rings. The minimum absolute atomic E-state index is 0.0574. The summed E-state index contributed by atoms with van der Waals surface area (Å²) in [6.45, 7) is 0. The van der Waals surface area contributed by atoms with Crippen LogP contribution in [0.2, 0.25) is 0 Å². The Hall–Kier alpha value is -2.66. The quantitative estimate of drug-likeness (QED) is 0.778. The molecule has 1 aromatic carbocycles. The summed E-state index contributed by atoms with van der Waals surface area (Å²) in [7, 11) is 0. The molecule has 4 rings (SSSR count). The lowest BCUT2D eigenvalue weighted by Crippen LogP contribution is -2.21. The van der Waals surface area contributed by atoms with Gasteiger partial charge in [-0.3, -0.25) is 9.36 Å². The fraction of sp³-hybridized carbons (Fsp3) is 0.263. The van der Waals surface area contributed by atoms with Gasteiger partial charge in [-0.25, -0.2) is 4.98 Å². The van der Waals surface area contributed by atoms with E-state index in [4.69, 9.17) is 5.73 Å². The maximum absolute atomic E-state index is 12.3. The molecule has 2 aromatic heterocycles. The van der Waals surface area contributed by atoms with E-state index >= 15 is 0 Å². The van der Waals surface area contributed by atoms with Crippen molar-refractivity contribution in [3.8, 4) is 5.69 Å². The molecule has 5 heteroatoms. The van der Waals surface area contributed by atoms with Crippen molar-refractivity contribution in [1.29, 1.82) is 0 Å². The average molecular weight is 320 g/mol. The minimum atomic E-state index is -0.0574. The van der Waals surface area contributed by atoms with Crippen molar-refractivity contribution in [2.24, 2.45) is 5.73 Å². The number of fused-ring (bicyclic) bond motifs is 1. The van der Waals surface area contributed by atoms with E-state index in [1.165, 1.54) is 0 Å². The highest BCUT2D eigenvalue weighted by atomic mass is 16.1. The maximum atomic E-state index is 12.3. The monoisotopic (exact) mass is 320 g/mol. The van der Waals surface area contributed by atoms with Gasteiger partial charge in [-0.1, -0.05) is 18.2 Å². The predicted molar refractivity (Wildman–Crippen MR) is 96.6 cm³/mol. The van der Waals surface area contributed by atoms with Gasteiger partial charge in [-0.2, -0.15) is 0 Å². The molecule has 3 N–H and O–H groups in total. The number of nitrogens with two attached hydrogens (primary N) is 1. The number of aromatic nitrogens is 2. The van der Waals surface area contributed by atoms with Crippen LogP contribution in [-0.2, 0) is 0 Å². The van der Waals surface area contributed by atoms with Gasteiger partial charge in [0.25, 0.3) is 5.56 Å². The van der Waals surface area contributed by atoms with Gasteiger partial charge in [0.2, 0.25) is 0 Å². The van der Waals surface area contributed by atoms with Crippen LogP contribution < -0.4 is 16.6 Å². The first-order valence-corrected chi connectivity index (χ1v) is 8.30. The molecule has 0 amide bonds. The summed E-state index contributed by atoms with van der Waals surface area (Å²) < 4.78 is 1.69. The third kappa shape index (κ3) is 2.78. The van der Waals surface area contributed by atoms with Crippen LogP contribution in [0.1, 0.15) is 19.3 Å². The molecule has 122 valence electrons. The van der Waals surface area contributed by atoms with E-state index in [0.29, 0.717) is 6.04 Å². The van der Waals surface area contributed by atoms with E-state index < -0.39 is 0 Å². The lowest BCUT2D eigenvalue weighted by Gasteiger charge is -2.14. The fourth-order valence-corrected chi connectivity index (χ4v) is 3.41. The second-order valence-corrected chi connectivity index (χ2v) is 6.38. The van der Waals surface area contributed by atoms with Gasteiger partial charge in [0.05, 0.1) is 17.4 Å². The number of benzene rings is 1. The molecule has 2 heterocycles. The van der Waals surface area contributed by atoms with E-state index in [9.17, 15) is 4.79 Å². The highest BCUT2D eigenvalue weighted by Crippen LogP contribution is 2.22. The third-order valence-corrected chi connectivity index (χ3v) is 4.63. The molecule has 2 atom stereocenters. The largest absolute Gasteiger partial charge is 0.367 e. The molecular weight excluding hydrogens is 300 g/mol. The number of hydrogen-bond donors (Lipinski definition) is 2. The van der Waals surface area contributed by atoms with Crippen LogP contribution in [0.3, 0.4) is 0 Å². The van der Waals surface area contributed by atoms with Crippen molar-refractivity contribution in [3.63, 3.8) is 0 Å². The molecule has 24 heavy (non-hydrogen) atoms. The molecule has 0 bridgehead atoms. The second-order valence-electron chi connectivity index (χ2n) is 6.38. The first kappa shape index (κ1) is 14.9. The van der Waals surface area contributed by atoms with Crippen molar-refractivity contribution < 1.29 is 0 Å². The van der Waals surface area contributed by atoms with Crippen LogP contribution in [0.15, 0.2) is 59.5 Å². The molecular formula is C19H20N4O. The molecule has 1 aliphatic carbocycles. The average Bonchev–Trinajstić information content (AvgIpc) is 3.01. The van der Waals surface area contributed by atoms with Crippen LogP contribution in [0, 0.1) is 0 Å². The van der Waals surface area contributed by atoms with Gasteiger partial charge in [0, 0.05) is 18.2 Å². The number of pyridine rings is 2. The third-order valence-electron chi connectivity index (χ3n) is 4.63. The van der Waals surface area contributed by atoms with Crippen LogP contribution in [0.5, 0.6) is 0 Å². The minimum Gasteiger partial charge on any atom is -0.367 e. The number of para-hydroxylation sites is 1. The number of anilines is 1. The summed E-state index contributed by atoms with van der Waals surface area (Å²) in [4.78, 5) is 16.8. The Balaban J connectivity index is 1.66. The molecule has 1 saturated carbocycles. The molecule has 0 unspecified atom stereocenters. The summed E-state index contributed by atoms with van der Waals surface area (Å²) in [5.74, 6) is 0.825. The van der Waals surface area contributed by atoms with Crippen molar-refractivity contribution in [2.75, 3.05) is 5.32 Å². The highest BCUT2D eigenvalue weighted by Gasteiger charge is 2.21. The number of nitrogens with one attached hydrogen (secondary N) is 1. The Morgan fingerprint density at radius 3 is 2.71 bits per heavy atom. The summed E-state index contributed by atoms with van der Waals surface area (Å²) in [5.41, 5.74) is 7.55. The second kappa shape index (κ2) is 6.09. The molecule has 0 saturated heterocycles. The van der Waals surface area contributed by atoms with Gasteiger partial charge < -0.3 is 11.1 Å². The Bertz CT molecular complexity index is 917. The van der Waals surface area contributed by atoms with Gasteiger partial charge in [-0.05, 0) is 48.9 Å². The lowest BCUT2D eigenvalue weighted by atomic mass is 10.2. The number of nitrogens with zero attached hydrogens (tertiary/aromatic N) is 2. The van der Waals surface area contributed by atoms with E-state index in [-0.39, 0.29) is 11.6 Å². The van der Waals surface area contributed by atoms with Gasteiger partial charge in [-0.15, -0.1) is 0 Å². The Morgan fingerprint density at radius 1 is 1.08 bits per heavy atom. The molecule has 3 aromatic rings. The van der Waals surface area contributed by atoms with Crippen molar-refractivity contribution in [1.82, 2.24) is 9.55 Å². The van der Waals surface area contributed by atoms with Crippen LogP contribution in [0.25, 0.3) is 16.6 Å². The van der Waals surface area contributed by atoms with Crippen molar-refractivity contribution >= 4 is 16.7 Å². The number of hydrogen-bond acceptors (Lipinski definition) is 4. The van der Waals surface area contributed by atoms with E-state index in [1.807, 2.05) is 42.5 Å². The first-order valence-electron chi connectivity index (χ1n) is 8.30. The summed E-state index contributed by atoms with van der Waals surface area (Å²) in [6, 6.07) is 15.8. The van der Waals surface area contributed by atoms with Crippen LogP contribution in [-0.4, -0.2) is 21.6 Å². The molecule has 0 spiro atoms. The smallest absolute Gasteiger partial charge is 0.255 e. The Morgan fingerprint density at radius 2 is 1.96 bits per heavy atom. The number of rotatable bonds is 3. The molecule has 1 aliphatic rings. The van der Waals surface area contributed by atoms with E-state index in [2.05, 4.69) is 10.3 Å².